The van der Waals surface area contributed by atoms with Crippen LogP contribution in [-0.2, 0) is 17.4 Å². The van der Waals surface area contributed by atoms with Gasteiger partial charge in [-0.3, -0.25) is 0 Å². The van der Waals surface area contributed by atoms with Gasteiger partial charge in [0.05, 0.1) is 6.61 Å². The van der Waals surface area contributed by atoms with Crippen LogP contribution in [0.3, 0.4) is 0 Å². The minimum absolute atomic E-state index is 0.0172. The monoisotopic (exact) mass is 242 g/mol. The topological polar surface area (TPSA) is 20.2 Å². The first kappa shape index (κ1) is 13.2. The van der Waals surface area contributed by atoms with Crippen LogP contribution < -0.4 is 0 Å². The van der Waals surface area contributed by atoms with Crippen LogP contribution in [0.1, 0.15) is 62.8 Å². The quantitative estimate of drug-likeness (QED) is 0.747. The zero-order chi connectivity index (χ0) is 13.6. The van der Waals surface area contributed by atoms with E-state index in [1.807, 2.05) is 6.07 Å². The van der Waals surface area contributed by atoms with E-state index in [0.717, 1.165) is 17.5 Å². The van der Waals surface area contributed by atoms with Crippen molar-refractivity contribution < 1.29 is 5.11 Å². The summed E-state index contributed by atoms with van der Waals surface area (Å²) in [5, 5.41) is 9.46. The Kier molecular flexibility index (Phi) is 3.03. The Morgan fingerprint density at radius 2 is 1.78 bits per heavy atom. The van der Waals surface area contributed by atoms with Crippen molar-refractivity contribution in [3.05, 3.63) is 34.4 Å². The first-order chi connectivity index (χ1) is 8.33. The van der Waals surface area contributed by atoms with Crippen molar-refractivity contribution in [2.75, 3.05) is 0 Å². The van der Waals surface area contributed by atoms with Gasteiger partial charge in [-0.1, -0.05) is 45.7 Å². The van der Waals surface area contributed by atoms with Crippen molar-refractivity contribution in [2.24, 2.45) is 0 Å². The molecule has 1 aromatic carbocycles. The Labute approximate surface area is 110 Å². The van der Waals surface area contributed by atoms with Crippen LogP contribution in [0.25, 0.3) is 0 Å². The van der Waals surface area contributed by atoms with E-state index in [0.29, 0.717) is 0 Å². The molecule has 0 unspecified atom stereocenters. The number of benzene rings is 1. The molecule has 1 aliphatic rings. The summed E-state index contributed by atoms with van der Waals surface area (Å²) in [6.45, 7) is 9.08. The molecule has 1 nitrogen and oxygen atoms in total. The molecule has 0 aliphatic heterocycles. The molecule has 0 saturated heterocycles. The summed E-state index contributed by atoms with van der Waals surface area (Å²) in [4.78, 5) is 0. The Balaban J connectivity index is 2.80. The number of terminal acetylenes is 1. The second kappa shape index (κ2) is 4.14. The van der Waals surface area contributed by atoms with Crippen LogP contribution >= 0.6 is 0 Å². The zero-order valence-corrected chi connectivity index (χ0v) is 11.8. The van der Waals surface area contributed by atoms with Crippen LogP contribution in [-0.4, -0.2) is 5.11 Å². The molecule has 1 heteroatoms. The van der Waals surface area contributed by atoms with Crippen molar-refractivity contribution in [3.63, 3.8) is 0 Å². The van der Waals surface area contributed by atoms with Gasteiger partial charge in [0.2, 0.25) is 0 Å². The molecule has 0 radical (unpaired) electrons. The van der Waals surface area contributed by atoms with Crippen LogP contribution in [0.4, 0.5) is 0 Å². The van der Waals surface area contributed by atoms with Crippen LogP contribution in [0.5, 0.6) is 0 Å². The van der Waals surface area contributed by atoms with E-state index in [-0.39, 0.29) is 17.4 Å². The summed E-state index contributed by atoms with van der Waals surface area (Å²) in [6.07, 6.45) is 8.01. The summed E-state index contributed by atoms with van der Waals surface area (Å²) in [7, 11) is 0. The van der Waals surface area contributed by atoms with Gasteiger partial charge in [-0.2, -0.15) is 0 Å². The first-order valence-corrected chi connectivity index (χ1v) is 6.58. The van der Waals surface area contributed by atoms with Gasteiger partial charge < -0.3 is 5.11 Å². The van der Waals surface area contributed by atoms with Gasteiger partial charge >= 0.3 is 0 Å². The molecule has 0 aromatic heterocycles. The van der Waals surface area contributed by atoms with Crippen molar-refractivity contribution in [2.45, 2.75) is 58.0 Å². The predicted molar refractivity (Wildman–Crippen MR) is 75.6 cm³/mol. The predicted octanol–water partition coefficient (Wildman–Crippen LogP) is 3.51. The lowest BCUT2D eigenvalue weighted by atomic mass is 9.61. The highest BCUT2D eigenvalue weighted by Crippen LogP contribution is 2.47. The van der Waals surface area contributed by atoms with Crippen LogP contribution in [0, 0.1) is 12.3 Å². The van der Waals surface area contributed by atoms with Gasteiger partial charge in [-0.15, -0.1) is 6.42 Å². The molecule has 0 spiro atoms. The highest BCUT2D eigenvalue weighted by molar-refractivity contribution is 5.56. The molecule has 0 fully saturated rings. The lowest BCUT2D eigenvalue weighted by Gasteiger charge is -2.42. The zero-order valence-electron chi connectivity index (χ0n) is 11.8. The summed E-state index contributed by atoms with van der Waals surface area (Å²) in [6, 6.07) is 4.14. The van der Waals surface area contributed by atoms with E-state index in [1.54, 1.807) is 0 Å². The standard InChI is InChI=1S/C17H22O/c1-6-13-12(11-18)7-8-14-15(13)17(4,5)10-9-16(14,2)3/h1,7-8,18H,9-11H2,2-5H3. The Morgan fingerprint density at radius 1 is 1.17 bits per heavy atom. The smallest absolute Gasteiger partial charge is 0.0694 e. The molecule has 96 valence electrons. The Hall–Kier alpha value is -1.26. The normalized spacial score (nSPS) is 20.0. The molecule has 2 rings (SSSR count). The maximum absolute atomic E-state index is 9.46. The molecular formula is C17H22O. The SMILES string of the molecule is C#Cc1c(CO)ccc2c1C(C)(C)CCC2(C)C. The van der Waals surface area contributed by atoms with Gasteiger partial charge in [0, 0.05) is 5.56 Å². The highest BCUT2D eigenvalue weighted by atomic mass is 16.3. The van der Waals surface area contributed by atoms with E-state index in [9.17, 15) is 5.11 Å². The summed E-state index contributed by atoms with van der Waals surface area (Å²) in [5.74, 6) is 2.81. The second-order valence-corrected chi connectivity index (χ2v) is 6.59. The van der Waals surface area contributed by atoms with Crippen molar-refractivity contribution >= 4 is 0 Å². The van der Waals surface area contributed by atoms with E-state index in [1.165, 1.54) is 17.5 Å². The van der Waals surface area contributed by atoms with E-state index >= 15 is 0 Å². The summed E-state index contributed by atoms with van der Waals surface area (Å²) < 4.78 is 0. The fourth-order valence-corrected chi connectivity index (χ4v) is 3.09. The lowest BCUT2D eigenvalue weighted by molar-refractivity contribution is 0.279. The number of aliphatic hydroxyl groups excluding tert-OH is 1. The lowest BCUT2D eigenvalue weighted by Crippen LogP contribution is -2.35. The Morgan fingerprint density at radius 3 is 2.33 bits per heavy atom. The number of aliphatic hydroxyl groups is 1. The molecular weight excluding hydrogens is 220 g/mol. The molecule has 0 bridgehead atoms. The minimum atomic E-state index is 0.0172. The maximum Gasteiger partial charge on any atom is 0.0694 e. The van der Waals surface area contributed by atoms with Gasteiger partial charge in [-0.25, -0.2) is 0 Å². The third-order valence-corrected chi connectivity index (χ3v) is 4.39. The molecule has 0 heterocycles. The molecule has 1 N–H and O–H groups in total. The third kappa shape index (κ3) is 1.85. The number of fused-ring (bicyclic) bond motifs is 1. The fraction of sp³-hybridized carbons (Fsp3) is 0.529. The second-order valence-electron chi connectivity index (χ2n) is 6.59. The van der Waals surface area contributed by atoms with Gasteiger partial charge in [0.15, 0.2) is 0 Å². The number of hydrogen-bond acceptors (Lipinski definition) is 1. The summed E-state index contributed by atoms with van der Waals surface area (Å²) in [5.41, 5.74) is 4.67. The van der Waals surface area contributed by atoms with Gasteiger partial charge in [0.1, 0.15) is 0 Å². The van der Waals surface area contributed by atoms with Crippen LogP contribution in [0.2, 0.25) is 0 Å². The average Bonchev–Trinajstić information content (AvgIpc) is 2.33. The Bertz CT molecular complexity index is 515. The number of hydrogen-bond donors (Lipinski definition) is 1. The number of rotatable bonds is 1. The largest absolute Gasteiger partial charge is 0.392 e. The van der Waals surface area contributed by atoms with E-state index < -0.39 is 0 Å². The van der Waals surface area contributed by atoms with Crippen molar-refractivity contribution in [1.82, 2.24) is 0 Å². The first-order valence-electron chi connectivity index (χ1n) is 6.58. The third-order valence-electron chi connectivity index (χ3n) is 4.39. The summed E-state index contributed by atoms with van der Waals surface area (Å²) >= 11 is 0. The van der Waals surface area contributed by atoms with Gasteiger partial charge in [0.25, 0.3) is 0 Å². The molecule has 0 saturated carbocycles. The van der Waals surface area contributed by atoms with Crippen molar-refractivity contribution in [3.8, 4) is 12.3 Å². The molecule has 0 amide bonds. The molecule has 1 aromatic rings. The average molecular weight is 242 g/mol. The molecule has 18 heavy (non-hydrogen) atoms. The van der Waals surface area contributed by atoms with E-state index in [2.05, 4.69) is 39.7 Å². The maximum atomic E-state index is 9.46. The minimum Gasteiger partial charge on any atom is -0.392 e. The van der Waals surface area contributed by atoms with Gasteiger partial charge in [-0.05, 0) is 40.4 Å². The van der Waals surface area contributed by atoms with Crippen LogP contribution in [0.15, 0.2) is 12.1 Å². The molecule has 1 aliphatic carbocycles. The van der Waals surface area contributed by atoms with E-state index in [4.69, 9.17) is 6.42 Å². The van der Waals surface area contributed by atoms with Crippen molar-refractivity contribution in [1.29, 1.82) is 0 Å². The molecule has 0 atom stereocenters. The highest BCUT2D eigenvalue weighted by Gasteiger charge is 2.38. The fourth-order valence-electron chi connectivity index (χ4n) is 3.09.